The van der Waals surface area contributed by atoms with Crippen molar-refractivity contribution >= 4 is 33.4 Å². The minimum Gasteiger partial charge on any atom is -0.381 e. The average Bonchev–Trinajstić information content (AvgIpc) is 3.49. The lowest BCUT2D eigenvalue weighted by Gasteiger charge is -2.34. The van der Waals surface area contributed by atoms with Crippen molar-refractivity contribution in [3.63, 3.8) is 0 Å². The third-order valence-electron chi connectivity index (χ3n) is 8.21. The van der Waals surface area contributed by atoms with Crippen LogP contribution in [0.3, 0.4) is 0 Å². The maximum Gasteiger partial charge on any atom is 0.273 e. The Morgan fingerprint density at radius 1 is 1.18 bits per heavy atom. The Morgan fingerprint density at radius 2 is 1.90 bits per heavy atom. The van der Waals surface area contributed by atoms with Gasteiger partial charge in [0.2, 0.25) is 0 Å². The fraction of sp³-hybridized carbons (Fsp3) is 0.469. The number of amides is 1. The molecule has 0 aliphatic carbocycles. The number of likely N-dealkylation sites (tertiary alicyclic amines) is 1. The number of hydrogen-bond donors (Lipinski definition) is 2. The van der Waals surface area contributed by atoms with Crippen LogP contribution in [0.5, 0.6) is 0 Å². The zero-order valence-electron chi connectivity index (χ0n) is 24.5. The lowest BCUT2D eigenvalue weighted by atomic mass is 9.89. The number of carbonyl (C=O) groups is 1. The van der Waals surface area contributed by atoms with Gasteiger partial charge in [-0.1, -0.05) is 42.5 Å². The summed E-state index contributed by atoms with van der Waals surface area (Å²) in [5.41, 5.74) is 5.51. The Balaban J connectivity index is 1.24. The smallest absolute Gasteiger partial charge is 0.273 e. The third kappa shape index (κ3) is 8.46. The number of aliphatic imine (C=N–C) groups is 1. The van der Waals surface area contributed by atoms with E-state index in [9.17, 15) is 4.79 Å². The summed E-state index contributed by atoms with van der Waals surface area (Å²) in [7, 11) is 2.74. The number of ether oxygens (including phenoxy) is 1. The summed E-state index contributed by atoms with van der Waals surface area (Å²) in [6.45, 7) is 12.2. The summed E-state index contributed by atoms with van der Waals surface area (Å²) in [6.07, 6.45) is 10.3. The van der Waals surface area contributed by atoms with E-state index in [1.807, 2.05) is 19.2 Å². The first-order chi connectivity index (χ1) is 19.4. The van der Waals surface area contributed by atoms with Crippen LogP contribution in [-0.4, -0.2) is 78.2 Å². The minimum atomic E-state index is -0.245. The molecule has 1 aromatic heterocycles. The van der Waals surface area contributed by atoms with Gasteiger partial charge in [-0.25, -0.2) is 4.98 Å². The largest absolute Gasteiger partial charge is 0.381 e. The Hall–Kier alpha value is -3.07. The van der Waals surface area contributed by atoms with Gasteiger partial charge in [0.15, 0.2) is 0 Å². The van der Waals surface area contributed by atoms with Crippen molar-refractivity contribution in [1.82, 2.24) is 15.2 Å². The van der Waals surface area contributed by atoms with Crippen molar-refractivity contribution in [2.75, 3.05) is 51.8 Å². The molecule has 2 aliphatic heterocycles. The van der Waals surface area contributed by atoms with Crippen molar-refractivity contribution in [2.24, 2.45) is 4.99 Å². The van der Waals surface area contributed by atoms with Crippen LogP contribution < -0.4 is 10.6 Å². The molecule has 2 saturated heterocycles. The first kappa shape index (κ1) is 29.9. The van der Waals surface area contributed by atoms with E-state index in [4.69, 9.17) is 4.74 Å². The molecule has 4 rings (SSSR count). The predicted molar refractivity (Wildman–Crippen MR) is 169 cm³/mol. The van der Waals surface area contributed by atoms with E-state index < -0.39 is 0 Å². The van der Waals surface area contributed by atoms with Crippen molar-refractivity contribution < 1.29 is 9.53 Å². The van der Waals surface area contributed by atoms with Gasteiger partial charge < -0.3 is 20.3 Å². The van der Waals surface area contributed by atoms with Gasteiger partial charge in [-0.3, -0.25) is 9.79 Å². The lowest BCUT2D eigenvalue weighted by molar-refractivity contribution is -0.113. The molecule has 2 aromatic rings. The number of anilines is 1. The third-order valence-corrected chi connectivity index (χ3v) is 9.79. The van der Waals surface area contributed by atoms with Gasteiger partial charge in [-0.05, 0) is 92.4 Å². The van der Waals surface area contributed by atoms with Gasteiger partial charge >= 0.3 is 0 Å². The van der Waals surface area contributed by atoms with Crippen LogP contribution in [0.15, 0.2) is 65.8 Å². The summed E-state index contributed by atoms with van der Waals surface area (Å²) in [5.74, 6) is 0.674. The second kappa shape index (κ2) is 14.5. The van der Waals surface area contributed by atoms with E-state index in [0.717, 1.165) is 79.2 Å². The highest BCUT2D eigenvalue weighted by Gasteiger charge is 2.29. The van der Waals surface area contributed by atoms with E-state index in [0.29, 0.717) is 11.4 Å². The molecule has 2 fully saturated rings. The van der Waals surface area contributed by atoms with Crippen LogP contribution in [0.4, 0.5) is 5.82 Å². The molecule has 2 aliphatic rings. The summed E-state index contributed by atoms with van der Waals surface area (Å²) in [6, 6.07) is 12.6. The highest BCUT2D eigenvalue weighted by molar-refractivity contribution is 6.44. The summed E-state index contributed by atoms with van der Waals surface area (Å²) in [4.78, 5) is 24.3. The van der Waals surface area contributed by atoms with Crippen molar-refractivity contribution in [2.45, 2.75) is 50.5 Å². The first-order valence-electron chi connectivity index (χ1n) is 14.6. The summed E-state index contributed by atoms with van der Waals surface area (Å²) in [5, 5.41) is 6.63. The van der Waals surface area contributed by atoms with Gasteiger partial charge in [0, 0.05) is 55.5 Å². The number of pyridine rings is 1. The van der Waals surface area contributed by atoms with Gasteiger partial charge in [0.05, 0.1) is 0 Å². The Morgan fingerprint density at radius 3 is 2.55 bits per heavy atom. The van der Waals surface area contributed by atoms with Crippen LogP contribution in [-0.2, 0) is 21.0 Å². The molecule has 0 radical (unpaired) electrons. The molecular formula is C32H45N5O2Si. The fourth-order valence-electron chi connectivity index (χ4n) is 5.36. The molecule has 1 amide bonds. The number of benzene rings is 1. The molecule has 0 saturated carbocycles. The molecule has 0 bridgehead atoms. The number of aryl methyl sites for hydroxylation is 1. The monoisotopic (exact) mass is 559 g/mol. The van der Waals surface area contributed by atoms with E-state index in [-0.39, 0.29) is 10.9 Å². The van der Waals surface area contributed by atoms with Gasteiger partial charge in [-0.2, -0.15) is 0 Å². The molecule has 40 heavy (non-hydrogen) atoms. The summed E-state index contributed by atoms with van der Waals surface area (Å²) >= 11 is 0. The summed E-state index contributed by atoms with van der Waals surface area (Å²) < 4.78 is 5.56. The van der Waals surface area contributed by atoms with Crippen LogP contribution in [0.1, 0.15) is 55.7 Å². The fourth-order valence-corrected chi connectivity index (χ4v) is 6.10. The maximum atomic E-state index is 13.0. The van der Waals surface area contributed by atoms with Crippen LogP contribution in [0, 0.1) is 0 Å². The zero-order chi connectivity index (χ0) is 28.4. The molecular weight excluding hydrogens is 514 g/mol. The average molecular weight is 560 g/mol. The molecule has 8 heteroatoms. The van der Waals surface area contributed by atoms with E-state index in [2.05, 4.69) is 68.5 Å². The van der Waals surface area contributed by atoms with Crippen LogP contribution >= 0.6 is 0 Å². The molecule has 7 nitrogen and oxygen atoms in total. The second-order valence-corrected chi connectivity index (χ2v) is 13.2. The number of carbonyl (C=O) groups excluding carboxylic acids is 1. The molecule has 3 heterocycles. The van der Waals surface area contributed by atoms with Gasteiger partial charge in [-0.15, -0.1) is 0 Å². The number of hydrogen-bond acceptors (Lipinski definition) is 6. The molecule has 0 spiro atoms. The van der Waals surface area contributed by atoms with Crippen LogP contribution in [0.25, 0.3) is 5.70 Å². The first-order valence-corrected chi connectivity index (χ1v) is 15.6. The van der Waals surface area contributed by atoms with Crippen molar-refractivity contribution in [3.8, 4) is 0 Å². The maximum absolute atomic E-state index is 13.0. The molecule has 1 aromatic carbocycles. The number of allylic oxidation sites excluding steroid dienone is 1. The van der Waals surface area contributed by atoms with E-state index in [1.165, 1.54) is 37.1 Å². The highest BCUT2D eigenvalue weighted by Crippen LogP contribution is 2.32. The molecule has 2 N–H and O–H groups in total. The standard InChI is InChI=1S/C32H45N5O2Si/c1-24(6-7-26-8-13-30(35-23-26)34-16-19-37-17-4-5-18-37)22-29(33-3)31(38)36-25(2)27-9-11-28(12-10-27)32(40)14-20-39-21-15-32/h8-13,22-23H,2,4-7,14-21H2,1,3,40H3,(H,34,35)(H,36,38)/b24-22-,33-29+. The number of nitrogens with zero attached hydrogens (tertiary/aromatic N) is 3. The molecule has 0 unspecified atom stereocenters. The number of aromatic nitrogens is 1. The second-order valence-electron chi connectivity index (χ2n) is 11.3. The Labute approximate surface area is 242 Å². The van der Waals surface area contributed by atoms with E-state index in [1.54, 1.807) is 7.05 Å². The normalized spacial score (nSPS) is 18.1. The lowest BCUT2D eigenvalue weighted by Crippen LogP contribution is -2.34. The number of nitrogens with one attached hydrogen (secondary N) is 2. The van der Waals surface area contributed by atoms with Gasteiger partial charge in [0.1, 0.15) is 11.5 Å². The zero-order valence-corrected chi connectivity index (χ0v) is 26.5. The van der Waals surface area contributed by atoms with Gasteiger partial charge in [0.25, 0.3) is 5.91 Å². The van der Waals surface area contributed by atoms with Crippen LogP contribution in [0.2, 0.25) is 0 Å². The minimum absolute atomic E-state index is 0.245. The van der Waals surface area contributed by atoms with Crippen molar-refractivity contribution in [3.05, 3.63) is 77.5 Å². The Bertz CT molecular complexity index is 1190. The topological polar surface area (TPSA) is 78.9 Å². The number of rotatable bonds is 12. The predicted octanol–water partition coefficient (Wildman–Crippen LogP) is 3.70. The van der Waals surface area contributed by atoms with E-state index >= 15 is 0 Å². The molecule has 0 atom stereocenters. The quantitative estimate of drug-likeness (QED) is 0.306. The SMILES string of the molecule is C=C(NC(=O)C(/C=C(/C)CCc1ccc(NCCN2CCCC2)nc1)=N/C)c1ccc(C2([SiH3])CCOCC2)cc1. The Kier molecular flexibility index (Phi) is 10.9. The highest BCUT2D eigenvalue weighted by atomic mass is 28.1. The van der Waals surface area contributed by atoms with Crippen molar-refractivity contribution in [1.29, 1.82) is 0 Å². The molecule has 214 valence electrons.